The summed E-state index contributed by atoms with van der Waals surface area (Å²) in [6.45, 7) is 1.55. The van der Waals surface area contributed by atoms with Crippen LogP contribution in [0.5, 0.6) is 0 Å². The number of rotatable bonds is 2. The first-order valence-corrected chi connectivity index (χ1v) is 4.96. The maximum Gasteiger partial charge on any atom is 0.334 e. The topological polar surface area (TPSA) is 89.5 Å². The van der Waals surface area contributed by atoms with Crippen LogP contribution >= 0.6 is 0 Å². The Labute approximate surface area is 97.8 Å². The average molecular weight is 235 g/mol. The van der Waals surface area contributed by atoms with E-state index in [4.69, 9.17) is 0 Å². The predicted molar refractivity (Wildman–Crippen MR) is 58.1 cm³/mol. The van der Waals surface area contributed by atoms with Gasteiger partial charge in [-0.05, 0) is 12.1 Å². The smallest absolute Gasteiger partial charge is 0.334 e. The van der Waals surface area contributed by atoms with Crippen molar-refractivity contribution in [1.29, 1.82) is 0 Å². The van der Waals surface area contributed by atoms with Crippen LogP contribution in [0.1, 0.15) is 13.3 Å². The first-order valence-electron chi connectivity index (χ1n) is 4.96. The van der Waals surface area contributed by atoms with Crippen molar-refractivity contribution < 1.29 is 19.5 Å². The van der Waals surface area contributed by atoms with E-state index >= 15 is 0 Å². The van der Waals surface area contributed by atoms with Gasteiger partial charge in [0.15, 0.2) is 0 Å². The number of hydrogen-bond donors (Lipinski definition) is 1. The molecule has 0 heterocycles. The highest BCUT2D eigenvalue weighted by Gasteiger charge is 2.18. The molecule has 1 aromatic rings. The van der Waals surface area contributed by atoms with Gasteiger partial charge in [0.1, 0.15) is 6.09 Å². The number of amides is 4. The summed E-state index contributed by atoms with van der Waals surface area (Å²) in [6.07, 6.45) is -1.61. The molecule has 4 amide bonds. The number of benzene rings is 1. The van der Waals surface area contributed by atoms with Crippen LogP contribution in [0.25, 0.3) is 0 Å². The largest absolute Gasteiger partial charge is 0.529 e. The summed E-state index contributed by atoms with van der Waals surface area (Å²) >= 11 is 0. The van der Waals surface area contributed by atoms with Crippen molar-refractivity contribution in [1.82, 2.24) is 5.32 Å². The van der Waals surface area contributed by atoms with Crippen LogP contribution in [-0.4, -0.2) is 18.0 Å². The molecule has 0 saturated carbocycles. The molecular formula is C11H11N2O4-. The van der Waals surface area contributed by atoms with Gasteiger partial charge in [0, 0.05) is 6.42 Å². The summed E-state index contributed by atoms with van der Waals surface area (Å²) in [4.78, 5) is 33.8. The third-order valence-electron chi connectivity index (χ3n) is 1.97. The number of imide groups is 2. The molecule has 0 bridgehead atoms. The molecule has 1 aromatic carbocycles. The van der Waals surface area contributed by atoms with E-state index in [-0.39, 0.29) is 12.1 Å². The van der Waals surface area contributed by atoms with Gasteiger partial charge in [-0.2, -0.15) is 0 Å². The lowest BCUT2D eigenvalue weighted by atomic mass is 10.3. The number of carbonyl (C=O) groups is 3. The van der Waals surface area contributed by atoms with Gasteiger partial charge < -0.3 is 9.90 Å². The van der Waals surface area contributed by atoms with E-state index in [9.17, 15) is 19.5 Å². The van der Waals surface area contributed by atoms with Crippen molar-refractivity contribution >= 4 is 23.7 Å². The van der Waals surface area contributed by atoms with E-state index in [1.165, 1.54) is 12.1 Å². The quantitative estimate of drug-likeness (QED) is 0.807. The van der Waals surface area contributed by atoms with Crippen LogP contribution in [0.3, 0.4) is 0 Å². The molecule has 0 aliphatic carbocycles. The number of carboxylic acid groups (broad SMARTS) is 1. The zero-order chi connectivity index (χ0) is 12.8. The van der Waals surface area contributed by atoms with Gasteiger partial charge in [-0.15, -0.1) is 0 Å². The van der Waals surface area contributed by atoms with Crippen LogP contribution in [0, 0.1) is 0 Å². The highest BCUT2D eigenvalue weighted by atomic mass is 16.4. The molecule has 0 aromatic heterocycles. The Kier molecular flexibility index (Phi) is 4.21. The SMILES string of the molecule is CCC(=O)NC(=O)N(C(=O)[O-])c1ccccc1. The molecule has 0 atom stereocenters. The summed E-state index contributed by atoms with van der Waals surface area (Å²) in [5.41, 5.74) is 0.119. The Morgan fingerprint density at radius 2 is 1.82 bits per heavy atom. The van der Waals surface area contributed by atoms with E-state index in [0.717, 1.165) is 0 Å². The molecule has 0 saturated heterocycles. The minimum atomic E-state index is -1.70. The van der Waals surface area contributed by atoms with E-state index in [1.807, 2.05) is 5.32 Å². The van der Waals surface area contributed by atoms with Gasteiger partial charge in [-0.3, -0.25) is 10.1 Å². The van der Waals surface area contributed by atoms with Crippen LogP contribution < -0.4 is 15.3 Å². The Balaban J connectivity index is 2.91. The predicted octanol–water partition coefficient (Wildman–Crippen LogP) is 0.482. The van der Waals surface area contributed by atoms with Crippen molar-refractivity contribution in [2.75, 3.05) is 4.90 Å². The van der Waals surface area contributed by atoms with Crippen molar-refractivity contribution in [3.05, 3.63) is 30.3 Å². The van der Waals surface area contributed by atoms with E-state index in [2.05, 4.69) is 0 Å². The van der Waals surface area contributed by atoms with Crippen molar-refractivity contribution in [3.8, 4) is 0 Å². The number of para-hydroxylation sites is 1. The van der Waals surface area contributed by atoms with Gasteiger partial charge in [0.05, 0.1) is 5.69 Å². The molecule has 0 radical (unpaired) electrons. The van der Waals surface area contributed by atoms with Gasteiger partial charge in [0.2, 0.25) is 5.91 Å². The lowest BCUT2D eigenvalue weighted by Crippen LogP contribution is -2.51. The Morgan fingerprint density at radius 1 is 1.24 bits per heavy atom. The summed E-state index contributed by atoms with van der Waals surface area (Å²) in [5, 5.41) is 12.8. The third kappa shape index (κ3) is 3.30. The first-order chi connectivity index (χ1) is 8.06. The molecule has 0 fully saturated rings. The summed E-state index contributed by atoms with van der Waals surface area (Å²) in [6, 6.07) is 6.62. The fourth-order valence-electron chi connectivity index (χ4n) is 1.15. The van der Waals surface area contributed by atoms with Crippen molar-refractivity contribution in [2.24, 2.45) is 0 Å². The maximum absolute atomic E-state index is 11.5. The van der Waals surface area contributed by atoms with Gasteiger partial charge in [-0.1, -0.05) is 25.1 Å². The van der Waals surface area contributed by atoms with E-state index in [0.29, 0.717) is 4.90 Å². The second kappa shape index (κ2) is 5.64. The van der Waals surface area contributed by atoms with Gasteiger partial charge >= 0.3 is 6.03 Å². The molecule has 0 unspecified atom stereocenters. The molecule has 1 N–H and O–H groups in total. The maximum atomic E-state index is 11.5. The zero-order valence-electron chi connectivity index (χ0n) is 9.17. The highest BCUT2D eigenvalue weighted by Crippen LogP contribution is 2.12. The van der Waals surface area contributed by atoms with Crippen LogP contribution in [0.15, 0.2) is 30.3 Å². The number of urea groups is 1. The molecule has 0 aliphatic rings. The number of nitrogens with one attached hydrogen (secondary N) is 1. The monoisotopic (exact) mass is 235 g/mol. The number of carbonyl (C=O) groups excluding carboxylic acids is 3. The second-order valence-corrected chi connectivity index (χ2v) is 3.14. The Hall–Kier alpha value is -2.37. The van der Waals surface area contributed by atoms with Crippen LogP contribution in [-0.2, 0) is 4.79 Å². The van der Waals surface area contributed by atoms with E-state index < -0.39 is 18.0 Å². The summed E-state index contributed by atoms with van der Waals surface area (Å²) in [7, 11) is 0. The van der Waals surface area contributed by atoms with Crippen LogP contribution in [0.2, 0.25) is 0 Å². The van der Waals surface area contributed by atoms with Crippen LogP contribution in [0.4, 0.5) is 15.3 Å². The van der Waals surface area contributed by atoms with Gasteiger partial charge in [0.25, 0.3) is 0 Å². The molecule has 17 heavy (non-hydrogen) atoms. The number of anilines is 1. The number of nitrogens with zero attached hydrogens (tertiary/aromatic N) is 1. The molecule has 6 heteroatoms. The lowest BCUT2D eigenvalue weighted by Gasteiger charge is -2.22. The number of hydrogen-bond acceptors (Lipinski definition) is 4. The van der Waals surface area contributed by atoms with Crippen molar-refractivity contribution in [2.45, 2.75) is 13.3 Å². The summed E-state index contributed by atoms with van der Waals surface area (Å²) in [5.74, 6) is -0.558. The highest BCUT2D eigenvalue weighted by molar-refractivity contribution is 6.14. The zero-order valence-corrected chi connectivity index (χ0v) is 9.17. The van der Waals surface area contributed by atoms with Gasteiger partial charge in [-0.25, -0.2) is 9.69 Å². The standard InChI is InChI=1S/C11H12N2O4/c1-2-9(14)12-10(15)13(11(16)17)8-6-4-3-5-7-8/h3-7H,2H2,1H3,(H,16,17)(H,12,14,15)/p-1. The first kappa shape index (κ1) is 12.7. The normalized spacial score (nSPS) is 9.47. The molecule has 90 valence electrons. The lowest BCUT2D eigenvalue weighted by molar-refractivity contribution is -0.245. The second-order valence-electron chi connectivity index (χ2n) is 3.14. The molecule has 0 aliphatic heterocycles. The third-order valence-corrected chi connectivity index (χ3v) is 1.97. The average Bonchev–Trinajstić information content (AvgIpc) is 2.29. The van der Waals surface area contributed by atoms with E-state index in [1.54, 1.807) is 25.1 Å². The fraction of sp³-hybridized carbons (Fsp3) is 0.182. The molecule has 0 spiro atoms. The fourth-order valence-corrected chi connectivity index (χ4v) is 1.15. The minimum Gasteiger partial charge on any atom is -0.529 e. The molecular weight excluding hydrogens is 224 g/mol. The summed E-state index contributed by atoms with van der Waals surface area (Å²) < 4.78 is 0. The Morgan fingerprint density at radius 3 is 2.29 bits per heavy atom. The molecule has 1 rings (SSSR count). The Bertz CT molecular complexity index is 430. The van der Waals surface area contributed by atoms with Crippen molar-refractivity contribution in [3.63, 3.8) is 0 Å². The molecule has 6 nitrogen and oxygen atoms in total. The minimum absolute atomic E-state index is 0.0847.